The van der Waals surface area contributed by atoms with Crippen LogP contribution >= 0.6 is 0 Å². The predicted molar refractivity (Wildman–Crippen MR) is 77.4 cm³/mol. The molecule has 20 heavy (non-hydrogen) atoms. The Morgan fingerprint density at radius 1 is 1.30 bits per heavy atom. The highest BCUT2D eigenvalue weighted by molar-refractivity contribution is 5.81. The molecule has 1 atom stereocenters. The maximum absolute atomic E-state index is 10.8. The lowest BCUT2D eigenvalue weighted by atomic mass is 10.1. The molecule has 0 aromatic heterocycles. The van der Waals surface area contributed by atoms with Crippen molar-refractivity contribution >= 4 is 5.97 Å². The highest BCUT2D eigenvalue weighted by Crippen LogP contribution is 2.04. The van der Waals surface area contributed by atoms with Crippen LogP contribution in [0.4, 0.5) is 0 Å². The van der Waals surface area contributed by atoms with Crippen LogP contribution in [0.5, 0.6) is 0 Å². The number of rotatable bonds is 6. The molecule has 0 spiro atoms. The lowest BCUT2D eigenvalue weighted by Gasteiger charge is -2.01. The topological polar surface area (TPSA) is 66.8 Å². The number of unbranched alkanes of at least 4 members (excludes halogenated alkanes) is 2. The number of aliphatic hydroxyl groups excluding tert-OH is 2. The molecule has 0 amide bonds. The molecule has 1 unspecified atom stereocenters. The van der Waals surface area contributed by atoms with E-state index in [9.17, 15) is 9.90 Å². The quantitative estimate of drug-likeness (QED) is 0.331. The van der Waals surface area contributed by atoms with Crippen LogP contribution in [0.1, 0.15) is 25.7 Å². The summed E-state index contributed by atoms with van der Waals surface area (Å²) < 4.78 is 4.46. The molecule has 0 aromatic rings. The summed E-state index contributed by atoms with van der Waals surface area (Å²) in [4.78, 5) is 10.8. The fourth-order valence-electron chi connectivity index (χ4n) is 1.25. The summed E-state index contributed by atoms with van der Waals surface area (Å²) in [6, 6.07) is 0. The van der Waals surface area contributed by atoms with Crippen molar-refractivity contribution in [2.24, 2.45) is 0 Å². The number of esters is 1. The van der Waals surface area contributed by atoms with Gasteiger partial charge in [0.05, 0.1) is 7.11 Å². The van der Waals surface area contributed by atoms with Gasteiger partial charge in [0, 0.05) is 6.08 Å². The molecule has 0 radical (unpaired) electrons. The van der Waals surface area contributed by atoms with Gasteiger partial charge in [-0.1, -0.05) is 29.8 Å². The predicted octanol–water partition coefficient (Wildman–Crippen LogP) is 1.19. The molecule has 4 heteroatoms. The van der Waals surface area contributed by atoms with E-state index in [0.717, 1.165) is 19.3 Å². The first-order valence-electron chi connectivity index (χ1n) is 6.38. The van der Waals surface area contributed by atoms with Gasteiger partial charge in [0.15, 0.2) is 0 Å². The van der Waals surface area contributed by atoms with E-state index in [-0.39, 0.29) is 12.6 Å². The molecule has 108 valence electrons. The van der Waals surface area contributed by atoms with Gasteiger partial charge in [0.1, 0.15) is 12.7 Å². The second-order valence-corrected chi connectivity index (χ2v) is 3.83. The van der Waals surface area contributed by atoms with E-state index >= 15 is 0 Å². The minimum Gasteiger partial charge on any atom is -0.466 e. The van der Waals surface area contributed by atoms with Crippen LogP contribution in [0.3, 0.4) is 0 Å². The molecule has 0 saturated carbocycles. The first kappa shape index (κ1) is 18.0. The summed E-state index contributed by atoms with van der Waals surface area (Å²) in [6.45, 7) is -0.176. The normalized spacial score (nSPS) is 11.6. The average Bonchev–Trinajstić information content (AvgIpc) is 2.46. The maximum Gasteiger partial charge on any atom is 0.330 e. The summed E-state index contributed by atoms with van der Waals surface area (Å²) in [7, 11) is 1.34. The van der Waals surface area contributed by atoms with E-state index in [1.54, 1.807) is 6.08 Å². The average molecular weight is 276 g/mol. The van der Waals surface area contributed by atoms with Gasteiger partial charge in [-0.15, -0.1) is 0 Å². The molecule has 0 rings (SSSR count). The molecule has 0 aromatic carbocycles. The van der Waals surface area contributed by atoms with Crippen molar-refractivity contribution < 1.29 is 19.7 Å². The molecular weight excluding hydrogens is 256 g/mol. The largest absolute Gasteiger partial charge is 0.466 e. The third-order valence-corrected chi connectivity index (χ3v) is 2.23. The number of ether oxygens (including phenoxy) is 1. The van der Waals surface area contributed by atoms with Crippen molar-refractivity contribution in [3.05, 3.63) is 24.3 Å². The van der Waals surface area contributed by atoms with Crippen LogP contribution in [-0.4, -0.2) is 36.0 Å². The molecule has 0 fully saturated rings. The summed E-state index contributed by atoms with van der Waals surface area (Å²) in [5.41, 5.74) is 0. The number of hydrogen-bond acceptors (Lipinski definition) is 4. The summed E-state index contributed by atoms with van der Waals surface area (Å²) in [6.07, 6.45) is 8.62. The number of aliphatic hydroxyl groups is 2. The van der Waals surface area contributed by atoms with Crippen LogP contribution in [-0.2, 0) is 9.53 Å². The van der Waals surface area contributed by atoms with Crippen molar-refractivity contribution in [1.29, 1.82) is 0 Å². The summed E-state index contributed by atoms with van der Waals surface area (Å²) in [5.74, 6) is 10.0. The fourth-order valence-corrected chi connectivity index (χ4v) is 1.25. The van der Waals surface area contributed by atoms with E-state index in [2.05, 4.69) is 28.4 Å². The molecule has 0 saturated heterocycles. The third kappa shape index (κ3) is 12.4. The Kier molecular flexibility index (Phi) is 12.1. The van der Waals surface area contributed by atoms with Crippen LogP contribution in [0.15, 0.2) is 24.3 Å². The van der Waals surface area contributed by atoms with Gasteiger partial charge in [0.25, 0.3) is 0 Å². The maximum atomic E-state index is 10.8. The number of allylic oxidation sites excluding steroid dienone is 3. The molecule has 0 aliphatic rings. The van der Waals surface area contributed by atoms with Crippen molar-refractivity contribution in [2.45, 2.75) is 31.8 Å². The van der Waals surface area contributed by atoms with Crippen LogP contribution in [0.2, 0.25) is 0 Å². The zero-order chi connectivity index (χ0) is 15.1. The first-order valence-corrected chi connectivity index (χ1v) is 6.38. The van der Waals surface area contributed by atoms with Gasteiger partial charge < -0.3 is 14.9 Å². The number of hydrogen-bond donors (Lipinski definition) is 2. The second kappa shape index (κ2) is 13.4. The summed E-state index contributed by atoms with van der Waals surface area (Å²) >= 11 is 0. The minimum absolute atomic E-state index is 0.176. The highest BCUT2D eigenvalue weighted by atomic mass is 16.5. The van der Waals surface area contributed by atoms with Gasteiger partial charge in [-0.25, -0.2) is 4.79 Å². The first-order chi connectivity index (χ1) is 9.70. The van der Waals surface area contributed by atoms with Crippen molar-refractivity contribution in [1.82, 2.24) is 0 Å². The monoisotopic (exact) mass is 276 g/mol. The lowest BCUT2D eigenvalue weighted by molar-refractivity contribution is -0.134. The standard InChI is InChI=1S/C16H20O4/c1-20-16(19)13-9-5-4-8-12-15(18)11-7-3-2-6-10-14-17/h2-3,9,13,15,17-18H,4-5,8,12,14H2,1H3/b3-2-,13-9+. The Labute approximate surface area is 120 Å². The van der Waals surface area contributed by atoms with Crippen LogP contribution in [0, 0.1) is 23.7 Å². The molecule has 0 heterocycles. The molecule has 0 aliphatic carbocycles. The van der Waals surface area contributed by atoms with Crippen LogP contribution < -0.4 is 0 Å². The smallest absolute Gasteiger partial charge is 0.330 e. The molecule has 0 bridgehead atoms. The lowest BCUT2D eigenvalue weighted by Crippen LogP contribution is -2.01. The number of carbonyl (C=O) groups is 1. The van der Waals surface area contributed by atoms with Gasteiger partial charge in [-0.3, -0.25) is 0 Å². The summed E-state index contributed by atoms with van der Waals surface area (Å²) in [5, 5.41) is 18.0. The SMILES string of the molecule is COC(=O)/C=C/CCCCC(O)C#C/C=C\C#CCO. The number of methoxy groups -OCH3 is 1. The Bertz CT molecular complexity index is 441. The Hall–Kier alpha value is -2.01. The third-order valence-electron chi connectivity index (χ3n) is 2.23. The Morgan fingerprint density at radius 2 is 2.05 bits per heavy atom. The van der Waals surface area contributed by atoms with Gasteiger partial charge in [-0.05, 0) is 37.8 Å². The second-order valence-electron chi connectivity index (χ2n) is 3.83. The van der Waals surface area contributed by atoms with E-state index in [0.29, 0.717) is 6.42 Å². The minimum atomic E-state index is -0.657. The highest BCUT2D eigenvalue weighted by Gasteiger charge is 1.97. The Balaban J connectivity index is 3.71. The van der Waals surface area contributed by atoms with E-state index in [4.69, 9.17) is 5.11 Å². The fraction of sp³-hybridized carbons (Fsp3) is 0.438. The van der Waals surface area contributed by atoms with Crippen molar-refractivity contribution in [3.63, 3.8) is 0 Å². The van der Waals surface area contributed by atoms with E-state index < -0.39 is 6.10 Å². The zero-order valence-corrected chi connectivity index (χ0v) is 11.6. The number of carbonyl (C=O) groups excluding carboxylic acids is 1. The van der Waals surface area contributed by atoms with Gasteiger partial charge >= 0.3 is 5.97 Å². The van der Waals surface area contributed by atoms with Crippen molar-refractivity contribution in [2.75, 3.05) is 13.7 Å². The Morgan fingerprint density at radius 3 is 2.75 bits per heavy atom. The van der Waals surface area contributed by atoms with Gasteiger partial charge in [-0.2, -0.15) is 0 Å². The molecular formula is C16H20O4. The van der Waals surface area contributed by atoms with Crippen molar-refractivity contribution in [3.8, 4) is 23.7 Å². The van der Waals surface area contributed by atoms with Crippen LogP contribution in [0.25, 0.3) is 0 Å². The zero-order valence-electron chi connectivity index (χ0n) is 11.6. The van der Waals surface area contributed by atoms with Gasteiger partial charge in [0.2, 0.25) is 0 Å². The molecule has 2 N–H and O–H groups in total. The van der Waals surface area contributed by atoms with E-state index in [1.165, 1.54) is 25.3 Å². The molecule has 4 nitrogen and oxygen atoms in total. The van der Waals surface area contributed by atoms with E-state index in [1.807, 2.05) is 0 Å². The molecule has 0 aliphatic heterocycles.